The predicted octanol–water partition coefficient (Wildman–Crippen LogP) is 4.09. The van der Waals surface area contributed by atoms with E-state index in [9.17, 15) is 10.1 Å². The molecule has 0 aliphatic heterocycles. The van der Waals surface area contributed by atoms with Gasteiger partial charge in [-0.15, -0.1) is 10.2 Å². The van der Waals surface area contributed by atoms with Crippen LogP contribution in [0.1, 0.15) is 39.0 Å². The van der Waals surface area contributed by atoms with E-state index in [1.807, 2.05) is 25.1 Å². The lowest BCUT2D eigenvalue weighted by Gasteiger charge is -2.40. The highest BCUT2D eigenvalue weighted by Crippen LogP contribution is 2.34. The number of hydrogen-bond donors (Lipinski definition) is 0. The standard InChI is InChI=1S/C19H22ClN5OS/c1-14(17(26)24(2)19(12-21)9-4-3-5-10-19)27-18-23-22-13-25(18)16-8-6-7-15(20)11-16/h6-8,11,13-14H,3-5,9-10H2,1-2H3. The molecule has 0 N–H and O–H groups in total. The van der Waals surface area contributed by atoms with Crippen LogP contribution in [0.2, 0.25) is 5.02 Å². The van der Waals surface area contributed by atoms with Crippen LogP contribution in [-0.2, 0) is 4.79 Å². The van der Waals surface area contributed by atoms with E-state index in [-0.39, 0.29) is 11.2 Å². The molecule has 27 heavy (non-hydrogen) atoms. The Kier molecular flexibility index (Phi) is 6.08. The summed E-state index contributed by atoms with van der Waals surface area (Å²) in [5, 5.41) is 18.7. The Hall–Kier alpha value is -2.04. The molecule has 1 aromatic heterocycles. The van der Waals surface area contributed by atoms with Crippen molar-refractivity contribution in [3.63, 3.8) is 0 Å². The molecular weight excluding hydrogens is 382 g/mol. The van der Waals surface area contributed by atoms with Gasteiger partial charge in [-0.3, -0.25) is 9.36 Å². The van der Waals surface area contributed by atoms with Crippen molar-refractivity contribution < 1.29 is 4.79 Å². The third kappa shape index (κ3) is 4.12. The largest absolute Gasteiger partial charge is 0.326 e. The van der Waals surface area contributed by atoms with Gasteiger partial charge >= 0.3 is 0 Å². The number of aromatic nitrogens is 3. The molecule has 142 valence electrons. The summed E-state index contributed by atoms with van der Waals surface area (Å²) < 4.78 is 1.81. The van der Waals surface area contributed by atoms with Gasteiger partial charge in [-0.1, -0.05) is 48.7 Å². The van der Waals surface area contributed by atoms with Gasteiger partial charge in [0.05, 0.1) is 17.0 Å². The molecule has 3 rings (SSSR count). The van der Waals surface area contributed by atoms with E-state index in [0.717, 1.165) is 37.8 Å². The van der Waals surface area contributed by atoms with E-state index < -0.39 is 5.54 Å². The van der Waals surface area contributed by atoms with Crippen molar-refractivity contribution >= 4 is 29.3 Å². The number of rotatable bonds is 5. The van der Waals surface area contributed by atoms with Gasteiger partial charge in [0.2, 0.25) is 5.91 Å². The molecule has 8 heteroatoms. The molecular formula is C19H22ClN5OS. The van der Waals surface area contributed by atoms with Crippen LogP contribution in [0, 0.1) is 11.3 Å². The maximum atomic E-state index is 13.0. The second-order valence-corrected chi connectivity index (χ2v) is 8.57. The molecule has 2 aromatic rings. The topological polar surface area (TPSA) is 74.8 Å². The van der Waals surface area contributed by atoms with Crippen LogP contribution in [0.4, 0.5) is 0 Å². The smallest absolute Gasteiger partial charge is 0.236 e. The van der Waals surface area contributed by atoms with Crippen molar-refractivity contribution in [1.29, 1.82) is 5.26 Å². The molecule has 1 heterocycles. The minimum absolute atomic E-state index is 0.0657. The van der Waals surface area contributed by atoms with Gasteiger partial charge in [0.25, 0.3) is 0 Å². The minimum atomic E-state index is -0.690. The highest BCUT2D eigenvalue weighted by molar-refractivity contribution is 8.00. The van der Waals surface area contributed by atoms with Crippen LogP contribution < -0.4 is 0 Å². The summed E-state index contributed by atoms with van der Waals surface area (Å²) in [7, 11) is 1.75. The summed E-state index contributed by atoms with van der Waals surface area (Å²) in [6, 6.07) is 9.79. The molecule has 1 atom stereocenters. The average molecular weight is 404 g/mol. The van der Waals surface area contributed by atoms with Gasteiger partial charge in [-0.05, 0) is 38.0 Å². The molecule has 0 spiro atoms. The van der Waals surface area contributed by atoms with Crippen molar-refractivity contribution in [3.8, 4) is 11.8 Å². The van der Waals surface area contributed by atoms with E-state index in [4.69, 9.17) is 11.6 Å². The molecule has 1 unspecified atom stereocenters. The number of benzene rings is 1. The van der Waals surface area contributed by atoms with Crippen molar-refractivity contribution in [2.75, 3.05) is 7.05 Å². The quantitative estimate of drug-likeness (QED) is 0.703. The average Bonchev–Trinajstić information content (AvgIpc) is 3.15. The summed E-state index contributed by atoms with van der Waals surface area (Å²) in [4.78, 5) is 14.7. The number of nitriles is 1. The summed E-state index contributed by atoms with van der Waals surface area (Å²) in [6.45, 7) is 1.84. The Morgan fingerprint density at radius 1 is 1.41 bits per heavy atom. The first-order valence-electron chi connectivity index (χ1n) is 8.98. The molecule has 0 saturated heterocycles. The molecule has 1 saturated carbocycles. The van der Waals surface area contributed by atoms with E-state index >= 15 is 0 Å². The van der Waals surface area contributed by atoms with Gasteiger partial charge in [0, 0.05) is 12.1 Å². The van der Waals surface area contributed by atoms with Crippen molar-refractivity contribution in [2.45, 2.75) is 55.0 Å². The van der Waals surface area contributed by atoms with Crippen molar-refractivity contribution in [3.05, 3.63) is 35.6 Å². The lowest BCUT2D eigenvalue weighted by molar-refractivity contribution is -0.133. The lowest BCUT2D eigenvalue weighted by Crippen LogP contribution is -2.52. The van der Waals surface area contributed by atoms with Crippen molar-refractivity contribution in [1.82, 2.24) is 19.7 Å². The van der Waals surface area contributed by atoms with E-state index in [1.165, 1.54) is 11.8 Å². The first kappa shape index (κ1) is 19.7. The third-order valence-corrected chi connectivity index (χ3v) is 6.37. The SMILES string of the molecule is CC(Sc1nncn1-c1cccc(Cl)c1)C(=O)N(C)C1(C#N)CCCCC1. The fraction of sp³-hybridized carbons (Fsp3) is 0.474. The number of hydrogen-bond acceptors (Lipinski definition) is 5. The van der Waals surface area contributed by atoms with Crippen LogP contribution in [-0.4, -0.2) is 43.4 Å². The van der Waals surface area contributed by atoms with Gasteiger partial charge < -0.3 is 4.90 Å². The highest BCUT2D eigenvalue weighted by atomic mass is 35.5. The molecule has 0 radical (unpaired) electrons. The number of nitrogens with zero attached hydrogens (tertiary/aromatic N) is 5. The number of carbonyl (C=O) groups is 1. The summed E-state index contributed by atoms with van der Waals surface area (Å²) in [6.07, 6.45) is 6.17. The van der Waals surface area contributed by atoms with E-state index in [1.54, 1.807) is 28.9 Å². The maximum Gasteiger partial charge on any atom is 0.236 e. The van der Waals surface area contributed by atoms with E-state index in [2.05, 4.69) is 16.3 Å². The normalized spacial score (nSPS) is 17.1. The molecule has 0 bridgehead atoms. The number of halogens is 1. The Morgan fingerprint density at radius 2 is 2.15 bits per heavy atom. The van der Waals surface area contributed by atoms with Crippen LogP contribution in [0.25, 0.3) is 5.69 Å². The zero-order valence-corrected chi connectivity index (χ0v) is 17.0. The lowest BCUT2D eigenvalue weighted by atomic mass is 9.81. The maximum absolute atomic E-state index is 13.0. The van der Waals surface area contributed by atoms with Crippen molar-refractivity contribution in [2.24, 2.45) is 0 Å². The Morgan fingerprint density at radius 3 is 2.81 bits per heavy atom. The zero-order chi connectivity index (χ0) is 19.4. The molecule has 1 aromatic carbocycles. The van der Waals surface area contributed by atoms with E-state index in [0.29, 0.717) is 10.2 Å². The zero-order valence-electron chi connectivity index (χ0n) is 15.4. The Labute approximate surface area is 168 Å². The Balaban J connectivity index is 1.76. The molecule has 6 nitrogen and oxygen atoms in total. The monoisotopic (exact) mass is 403 g/mol. The number of carbonyl (C=O) groups excluding carboxylic acids is 1. The van der Waals surface area contributed by atoms with Gasteiger partial charge in [-0.2, -0.15) is 5.26 Å². The minimum Gasteiger partial charge on any atom is -0.326 e. The first-order chi connectivity index (χ1) is 13.0. The van der Waals surface area contributed by atoms with Crippen LogP contribution in [0.5, 0.6) is 0 Å². The van der Waals surface area contributed by atoms with Gasteiger partial charge in [-0.25, -0.2) is 0 Å². The second-order valence-electron chi connectivity index (χ2n) is 6.82. The fourth-order valence-electron chi connectivity index (χ4n) is 3.46. The highest BCUT2D eigenvalue weighted by Gasteiger charge is 2.40. The summed E-state index contributed by atoms with van der Waals surface area (Å²) in [5.74, 6) is -0.0657. The fourth-order valence-corrected chi connectivity index (χ4v) is 4.58. The van der Waals surface area contributed by atoms with Crippen LogP contribution >= 0.6 is 23.4 Å². The Bertz CT molecular complexity index is 856. The molecule has 1 aliphatic rings. The number of amides is 1. The first-order valence-corrected chi connectivity index (χ1v) is 10.2. The predicted molar refractivity (Wildman–Crippen MR) is 106 cm³/mol. The number of thioether (sulfide) groups is 1. The van der Waals surface area contributed by atoms with Crippen LogP contribution in [0.3, 0.4) is 0 Å². The summed E-state index contributed by atoms with van der Waals surface area (Å²) in [5.41, 5.74) is 0.147. The second kappa shape index (κ2) is 8.32. The molecule has 1 amide bonds. The molecule has 1 fully saturated rings. The van der Waals surface area contributed by atoms with Gasteiger partial charge in [0.15, 0.2) is 5.16 Å². The van der Waals surface area contributed by atoms with Crippen LogP contribution in [0.15, 0.2) is 35.7 Å². The molecule has 1 aliphatic carbocycles. The third-order valence-electron chi connectivity index (χ3n) is 5.09. The summed E-state index contributed by atoms with van der Waals surface area (Å²) >= 11 is 7.41. The van der Waals surface area contributed by atoms with Gasteiger partial charge in [0.1, 0.15) is 11.9 Å².